The second-order valence-electron chi connectivity index (χ2n) is 5.17. The van der Waals surface area contributed by atoms with Crippen molar-refractivity contribution in [2.45, 2.75) is 18.9 Å². The summed E-state index contributed by atoms with van der Waals surface area (Å²) >= 11 is 0. The number of primary amides is 1. The first-order valence-electron chi connectivity index (χ1n) is 7.05. The quantitative estimate of drug-likeness (QED) is 0.708. The topological polar surface area (TPSA) is 123 Å². The fourth-order valence-electron chi connectivity index (χ4n) is 2.64. The Morgan fingerprint density at radius 3 is 2.57 bits per heavy atom. The maximum absolute atomic E-state index is 11.6. The zero-order valence-electron chi connectivity index (χ0n) is 11.7. The number of carbonyl (C=O) groups excluding carboxylic acids is 1. The molecule has 114 valence electrons. The Labute approximate surface area is 122 Å². The molecule has 2 aliphatic heterocycles. The van der Waals surface area contributed by atoms with E-state index in [4.69, 9.17) is 16.2 Å². The summed E-state index contributed by atoms with van der Waals surface area (Å²) in [6.45, 7) is 3.04. The van der Waals surface area contributed by atoms with E-state index in [2.05, 4.69) is 19.9 Å². The summed E-state index contributed by atoms with van der Waals surface area (Å²) in [6, 6.07) is -0.577. The molecule has 1 unspecified atom stereocenters. The van der Waals surface area contributed by atoms with Crippen LogP contribution in [0.5, 0.6) is 0 Å². The van der Waals surface area contributed by atoms with Crippen LogP contribution in [0.15, 0.2) is 0 Å². The van der Waals surface area contributed by atoms with Crippen LogP contribution in [0.1, 0.15) is 12.8 Å². The highest BCUT2D eigenvalue weighted by Gasteiger charge is 2.30. The zero-order chi connectivity index (χ0) is 14.8. The van der Waals surface area contributed by atoms with Gasteiger partial charge in [-0.3, -0.25) is 4.79 Å². The lowest BCUT2D eigenvalue weighted by Crippen LogP contribution is -2.53. The van der Waals surface area contributed by atoms with Crippen LogP contribution in [-0.4, -0.2) is 59.7 Å². The molecule has 2 aliphatic rings. The number of carbonyl (C=O) groups is 1. The molecule has 3 heterocycles. The number of morpholine rings is 1. The van der Waals surface area contributed by atoms with Crippen molar-refractivity contribution in [3.05, 3.63) is 0 Å². The third-order valence-corrected chi connectivity index (χ3v) is 3.73. The molecule has 0 bridgehead atoms. The molecule has 1 aromatic rings. The fraction of sp³-hybridized carbons (Fsp3) is 0.667. The SMILES string of the molecule is NC(=O)C1COCCN1c1nc(N)nc(N2CCCC2)n1. The van der Waals surface area contributed by atoms with Gasteiger partial charge in [-0.15, -0.1) is 0 Å². The van der Waals surface area contributed by atoms with Gasteiger partial charge in [0.15, 0.2) is 0 Å². The van der Waals surface area contributed by atoms with E-state index in [0.717, 1.165) is 25.9 Å². The van der Waals surface area contributed by atoms with E-state index in [1.54, 1.807) is 4.90 Å². The van der Waals surface area contributed by atoms with Crippen molar-refractivity contribution in [1.82, 2.24) is 15.0 Å². The largest absolute Gasteiger partial charge is 0.377 e. The monoisotopic (exact) mass is 293 g/mol. The molecule has 21 heavy (non-hydrogen) atoms. The van der Waals surface area contributed by atoms with Crippen LogP contribution in [0.25, 0.3) is 0 Å². The Morgan fingerprint density at radius 1 is 1.14 bits per heavy atom. The zero-order valence-corrected chi connectivity index (χ0v) is 11.7. The van der Waals surface area contributed by atoms with Crippen LogP contribution in [0.2, 0.25) is 0 Å². The number of nitrogen functional groups attached to an aromatic ring is 1. The van der Waals surface area contributed by atoms with Crippen LogP contribution < -0.4 is 21.3 Å². The Hall–Kier alpha value is -2.16. The predicted molar refractivity (Wildman–Crippen MR) is 76.8 cm³/mol. The summed E-state index contributed by atoms with van der Waals surface area (Å²) in [5.74, 6) is 0.634. The van der Waals surface area contributed by atoms with E-state index in [9.17, 15) is 4.79 Å². The Kier molecular flexibility index (Phi) is 3.74. The van der Waals surface area contributed by atoms with E-state index >= 15 is 0 Å². The third-order valence-electron chi connectivity index (χ3n) is 3.73. The number of anilines is 3. The van der Waals surface area contributed by atoms with E-state index in [-0.39, 0.29) is 12.6 Å². The second-order valence-corrected chi connectivity index (χ2v) is 5.17. The lowest BCUT2D eigenvalue weighted by atomic mass is 10.2. The first-order valence-corrected chi connectivity index (χ1v) is 7.05. The standard InChI is InChI=1S/C12H19N7O2/c13-9(20)8-7-21-6-5-19(8)12-16-10(14)15-11(17-12)18-3-1-2-4-18/h8H,1-7H2,(H2,13,20)(H2,14,15,16,17). The number of rotatable bonds is 3. The highest BCUT2D eigenvalue weighted by atomic mass is 16.5. The maximum Gasteiger partial charge on any atom is 0.242 e. The summed E-state index contributed by atoms with van der Waals surface area (Å²) in [4.78, 5) is 28.2. The Morgan fingerprint density at radius 2 is 1.86 bits per heavy atom. The molecule has 2 saturated heterocycles. The lowest BCUT2D eigenvalue weighted by molar-refractivity contribution is -0.121. The van der Waals surface area contributed by atoms with Crippen LogP contribution in [0, 0.1) is 0 Å². The van der Waals surface area contributed by atoms with E-state index in [1.807, 2.05) is 0 Å². The Bertz CT molecular complexity index is 532. The van der Waals surface area contributed by atoms with Crippen molar-refractivity contribution < 1.29 is 9.53 Å². The molecule has 1 aromatic heterocycles. The average Bonchev–Trinajstić information content (AvgIpc) is 3.01. The van der Waals surface area contributed by atoms with Crippen molar-refractivity contribution in [3.63, 3.8) is 0 Å². The number of hydrogen-bond acceptors (Lipinski definition) is 8. The second kappa shape index (κ2) is 5.68. The van der Waals surface area contributed by atoms with Crippen molar-refractivity contribution in [3.8, 4) is 0 Å². The van der Waals surface area contributed by atoms with Crippen LogP contribution in [-0.2, 0) is 9.53 Å². The number of hydrogen-bond donors (Lipinski definition) is 2. The van der Waals surface area contributed by atoms with Gasteiger partial charge in [0, 0.05) is 19.6 Å². The molecular weight excluding hydrogens is 274 g/mol. The fourth-order valence-corrected chi connectivity index (χ4v) is 2.64. The van der Waals surface area contributed by atoms with Crippen molar-refractivity contribution in [2.75, 3.05) is 48.4 Å². The van der Waals surface area contributed by atoms with Gasteiger partial charge in [0.05, 0.1) is 13.2 Å². The van der Waals surface area contributed by atoms with Gasteiger partial charge in [-0.05, 0) is 12.8 Å². The van der Waals surface area contributed by atoms with Crippen LogP contribution in [0.3, 0.4) is 0 Å². The van der Waals surface area contributed by atoms with E-state index < -0.39 is 11.9 Å². The first-order chi connectivity index (χ1) is 10.1. The van der Waals surface area contributed by atoms with Gasteiger partial charge in [-0.2, -0.15) is 15.0 Å². The molecule has 9 heteroatoms. The van der Waals surface area contributed by atoms with Gasteiger partial charge >= 0.3 is 0 Å². The van der Waals surface area contributed by atoms with Crippen molar-refractivity contribution in [2.24, 2.45) is 5.73 Å². The minimum Gasteiger partial charge on any atom is -0.377 e. The molecule has 4 N–H and O–H groups in total. The smallest absolute Gasteiger partial charge is 0.242 e. The van der Waals surface area contributed by atoms with Crippen LogP contribution in [0.4, 0.5) is 17.8 Å². The van der Waals surface area contributed by atoms with Crippen molar-refractivity contribution in [1.29, 1.82) is 0 Å². The van der Waals surface area contributed by atoms with E-state index in [0.29, 0.717) is 25.0 Å². The van der Waals surface area contributed by atoms with Gasteiger partial charge in [0.2, 0.25) is 23.8 Å². The molecule has 0 aliphatic carbocycles. The first kappa shape index (κ1) is 13.8. The molecule has 9 nitrogen and oxygen atoms in total. The summed E-state index contributed by atoms with van der Waals surface area (Å²) < 4.78 is 5.30. The minimum absolute atomic E-state index is 0.150. The summed E-state index contributed by atoms with van der Waals surface area (Å²) in [6.07, 6.45) is 2.23. The third kappa shape index (κ3) is 2.82. The molecule has 0 radical (unpaired) electrons. The van der Waals surface area contributed by atoms with Gasteiger partial charge in [-0.1, -0.05) is 0 Å². The van der Waals surface area contributed by atoms with Gasteiger partial charge in [0.1, 0.15) is 6.04 Å². The molecular formula is C12H19N7O2. The van der Waals surface area contributed by atoms with E-state index in [1.165, 1.54) is 0 Å². The van der Waals surface area contributed by atoms with Crippen LogP contribution >= 0.6 is 0 Å². The molecule has 0 spiro atoms. The molecule has 1 amide bonds. The maximum atomic E-state index is 11.6. The summed E-state index contributed by atoms with van der Waals surface area (Å²) in [7, 11) is 0. The summed E-state index contributed by atoms with van der Waals surface area (Å²) in [5.41, 5.74) is 11.2. The van der Waals surface area contributed by atoms with Gasteiger partial charge < -0.3 is 26.0 Å². The lowest BCUT2D eigenvalue weighted by Gasteiger charge is -2.33. The van der Waals surface area contributed by atoms with Gasteiger partial charge in [-0.25, -0.2) is 0 Å². The highest BCUT2D eigenvalue weighted by molar-refractivity contribution is 5.83. The average molecular weight is 293 g/mol. The number of ether oxygens (including phenoxy) is 1. The van der Waals surface area contributed by atoms with Gasteiger partial charge in [0.25, 0.3) is 0 Å². The summed E-state index contributed by atoms with van der Waals surface area (Å²) in [5, 5.41) is 0. The number of nitrogens with two attached hydrogens (primary N) is 2. The Balaban J connectivity index is 1.91. The molecule has 0 aromatic carbocycles. The minimum atomic E-state index is -0.577. The number of aromatic nitrogens is 3. The number of nitrogens with zero attached hydrogens (tertiary/aromatic N) is 5. The number of amides is 1. The molecule has 2 fully saturated rings. The molecule has 0 saturated carbocycles. The predicted octanol–water partition coefficient (Wildman–Crippen LogP) is -1.26. The molecule has 3 rings (SSSR count). The molecule has 1 atom stereocenters. The normalized spacial score (nSPS) is 22.6. The van der Waals surface area contributed by atoms with Crippen molar-refractivity contribution >= 4 is 23.8 Å². The highest BCUT2D eigenvalue weighted by Crippen LogP contribution is 2.21.